The summed E-state index contributed by atoms with van der Waals surface area (Å²) < 4.78 is 13.1. The highest BCUT2D eigenvalue weighted by Gasteiger charge is 2.54. The molecule has 43 heavy (non-hydrogen) atoms. The average Bonchev–Trinajstić information content (AvgIpc) is 3.38. The van der Waals surface area contributed by atoms with Crippen LogP contribution in [0.2, 0.25) is 5.04 Å². The van der Waals surface area contributed by atoms with E-state index in [4.69, 9.17) is 9.16 Å². The molecule has 4 atom stereocenters. The van der Waals surface area contributed by atoms with Crippen LogP contribution in [0, 0.1) is 11.8 Å². The Bertz CT molecular complexity index is 1220. The molecule has 2 aliphatic heterocycles. The highest BCUT2D eigenvalue weighted by atomic mass is 28.4. The SMILES string of the molecule is C[C@@H](CCO[Si](c1ccccc1)(c1ccccc1)C(C)(C)C)[C@H]1CCC[C@]12CCC[C@@H]1CC=C(C(=O)OC(C)(C)C)CN12. The summed E-state index contributed by atoms with van der Waals surface area (Å²) in [5.41, 5.74) is 0.575. The van der Waals surface area contributed by atoms with Gasteiger partial charge in [-0.3, -0.25) is 4.90 Å². The molecule has 0 amide bonds. The van der Waals surface area contributed by atoms with Crippen LogP contribution in [-0.4, -0.2) is 49.5 Å². The highest BCUT2D eigenvalue weighted by molar-refractivity contribution is 6.99. The summed E-state index contributed by atoms with van der Waals surface area (Å²) in [6, 6.07) is 22.6. The summed E-state index contributed by atoms with van der Waals surface area (Å²) in [7, 11) is -2.54. The first-order valence-corrected chi connectivity index (χ1v) is 18.7. The predicted octanol–water partition coefficient (Wildman–Crippen LogP) is 7.65. The lowest BCUT2D eigenvalue weighted by Crippen LogP contribution is -2.66. The van der Waals surface area contributed by atoms with Gasteiger partial charge < -0.3 is 9.16 Å². The van der Waals surface area contributed by atoms with Crippen molar-refractivity contribution >= 4 is 24.7 Å². The molecular formula is C38H55NO3Si. The van der Waals surface area contributed by atoms with E-state index >= 15 is 0 Å². The highest BCUT2D eigenvalue weighted by Crippen LogP contribution is 2.53. The summed E-state index contributed by atoms with van der Waals surface area (Å²) in [6.45, 7) is 17.0. The van der Waals surface area contributed by atoms with Gasteiger partial charge in [-0.15, -0.1) is 0 Å². The number of benzene rings is 2. The number of rotatable bonds is 8. The van der Waals surface area contributed by atoms with E-state index in [0.717, 1.165) is 31.6 Å². The lowest BCUT2D eigenvalue weighted by Gasteiger charge is -2.55. The molecular weight excluding hydrogens is 547 g/mol. The number of piperidine rings is 1. The summed E-state index contributed by atoms with van der Waals surface area (Å²) >= 11 is 0. The summed E-state index contributed by atoms with van der Waals surface area (Å²) in [6.07, 6.45) is 11.8. The third kappa shape index (κ3) is 6.46. The molecule has 0 unspecified atom stereocenters. The Hall–Kier alpha value is -2.21. The molecule has 2 fully saturated rings. The predicted molar refractivity (Wildman–Crippen MR) is 180 cm³/mol. The van der Waals surface area contributed by atoms with Crippen molar-refractivity contribution in [1.29, 1.82) is 0 Å². The van der Waals surface area contributed by atoms with Gasteiger partial charge in [-0.05, 0) is 86.5 Å². The van der Waals surface area contributed by atoms with Crippen LogP contribution in [0.1, 0.15) is 99.8 Å². The maximum atomic E-state index is 13.1. The number of nitrogens with zero attached hydrogens (tertiary/aromatic N) is 1. The van der Waals surface area contributed by atoms with Crippen molar-refractivity contribution in [3.8, 4) is 0 Å². The van der Waals surface area contributed by atoms with E-state index < -0.39 is 13.9 Å². The van der Waals surface area contributed by atoms with E-state index in [9.17, 15) is 4.79 Å². The van der Waals surface area contributed by atoms with Gasteiger partial charge in [-0.1, -0.05) is 107 Å². The minimum absolute atomic E-state index is 0.0116. The fraction of sp³-hybridized carbons (Fsp3) is 0.605. The molecule has 5 rings (SSSR count). The van der Waals surface area contributed by atoms with Crippen LogP contribution in [0.4, 0.5) is 0 Å². The van der Waals surface area contributed by atoms with E-state index in [1.807, 2.05) is 20.8 Å². The molecule has 0 N–H and O–H groups in total. The molecule has 1 saturated heterocycles. The summed E-state index contributed by atoms with van der Waals surface area (Å²) in [4.78, 5) is 15.9. The monoisotopic (exact) mass is 601 g/mol. The van der Waals surface area contributed by atoms with Gasteiger partial charge in [0.1, 0.15) is 5.60 Å². The zero-order valence-electron chi connectivity index (χ0n) is 27.8. The fourth-order valence-corrected chi connectivity index (χ4v) is 13.4. The number of carbonyl (C=O) groups is 1. The van der Waals surface area contributed by atoms with Crippen molar-refractivity contribution in [3.63, 3.8) is 0 Å². The maximum absolute atomic E-state index is 13.1. The summed E-state index contributed by atoms with van der Waals surface area (Å²) in [5, 5.41) is 2.69. The molecule has 0 bridgehead atoms. The van der Waals surface area contributed by atoms with Gasteiger partial charge in [0.2, 0.25) is 0 Å². The first-order valence-electron chi connectivity index (χ1n) is 16.8. The topological polar surface area (TPSA) is 38.8 Å². The molecule has 0 aromatic heterocycles. The molecule has 1 aliphatic carbocycles. The number of hydrogen-bond donors (Lipinski definition) is 0. The Morgan fingerprint density at radius 3 is 2.07 bits per heavy atom. The third-order valence-electron chi connectivity index (χ3n) is 10.6. The standard InChI is InChI=1S/C38H55NO3Si/c1-29(24-27-41-43(37(5,6)7,32-17-10-8-11-18-32)33-19-12-9-13-20-33)34-21-15-26-38(34)25-14-16-31-23-22-30(28-39(31)38)35(40)42-36(2,3)4/h8-13,17-20,22,29,31,34H,14-16,21,23-28H2,1-7H3/t29-,31+,34+,38+/m0/s1. The molecule has 2 aromatic rings. The first kappa shape index (κ1) is 32.2. The van der Waals surface area contributed by atoms with E-state index in [2.05, 4.69) is 99.3 Å². The second-order valence-corrected chi connectivity index (χ2v) is 19.8. The smallest absolute Gasteiger partial charge is 0.335 e. The van der Waals surface area contributed by atoms with Gasteiger partial charge >= 0.3 is 5.97 Å². The Morgan fingerprint density at radius 2 is 1.51 bits per heavy atom. The van der Waals surface area contributed by atoms with Gasteiger partial charge in [-0.25, -0.2) is 4.79 Å². The molecule has 4 nitrogen and oxygen atoms in total. The van der Waals surface area contributed by atoms with Gasteiger partial charge in [0, 0.05) is 30.3 Å². The van der Waals surface area contributed by atoms with Crippen molar-refractivity contribution in [2.45, 2.75) is 122 Å². The second kappa shape index (κ2) is 12.7. The third-order valence-corrected chi connectivity index (χ3v) is 15.7. The molecule has 2 aromatic carbocycles. The van der Waals surface area contributed by atoms with Gasteiger partial charge in [0.15, 0.2) is 0 Å². The normalized spacial score (nSPS) is 25.7. The summed E-state index contributed by atoms with van der Waals surface area (Å²) in [5.74, 6) is 1.04. The Kier molecular flexibility index (Phi) is 9.47. The largest absolute Gasteiger partial charge is 0.457 e. The second-order valence-electron chi connectivity index (χ2n) is 15.5. The molecule has 5 heteroatoms. The zero-order valence-corrected chi connectivity index (χ0v) is 28.8. The lowest BCUT2D eigenvalue weighted by molar-refractivity contribution is -0.151. The van der Waals surface area contributed by atoms with Crippen LogP contribution >= 0.6 is 0 Å². The van der Waals surface area contributed by atoms with Crippen LogP contribution in [0.5, 0.6) is 0 Å². The maximum Gasteiger partial charge on any atom is 0.335 e. The van der Waals surface area contributed by atoms with Crippen molar-refractivity contribution in [1.82, 2.24) is 4.90 Å². The first-order chi connectivity index (χ1) is 20.4. The van der Waals surface area contributed by atoms with Crippen molar-refractivity contribution < 1.29 is 14.0 Å². The molecule has 3 aliphatic rings. The van der Waals surface area contributed by atoms with E-state index in [1.165, 1.54) is 48.9 Å². The fourth-order valence-electron chi connectivity index (χ4n) is 8.78. The molecule has 0 radical (unpaired) electrons. The molecule has 2 heterocycles. The quantitative estimate of drug-likeness (QED) is 0.230. The van der Waals surface area contributed by atoms with Gasteiger partial charge in [0.05, 0.1) is 0 Å². The van der Waals surface area contributed by atoms with E-state index in [0.29, 0.717) is 17.9 Å². The molecule has 234 valence electrons. The van der Waals surface area contributed by atoms with Crippen LogP contribution in [0.25, 0.3) is 0 Å². The minimum atomic E-state index is -2.54. The van der Waals surface area contributed by atoms with Crippen LogP contribution in [0.15, 0.2) is 72.3 Å². The van der Waals surface area contributed by atoms with Crippen LogP contribution in [0.3, 0.4) is 0 Å². The van der Waals surface area contributed by atoms with Crippen molar-refractivity contribution in [2.24, 2.45) is 11.8 Å². The Balaban J connectivity index is 1.35. The van der Waals surface area contributed by atoms with Crippen LogP contribution < -0.4 is 10.4 Å². The zero-order chi connectivity index (χ0) is 30.9. The van der Waals surface area contributed by atoms with E-state index in [-0.39, 0.29) is 16.5 Å². The van der Waals surface area contributed by atoms with E-state index in [1.54, 1.807) is 0 Å². The Morgan fingerprint density at radius 1 is 0.930 bits per heavy atom. The van der Waals surface area contributed by atoms with Crippen LogP contribution in [-0.2, 0) is 14.0 Å². The number of fused-ring (bicyclic) bond motifs is 2. The number of ether oxygens (including phenoxy) is 1. The van der Waals surface area contributed by atoms with Crippen molar-refractivity contribution in [2.75, 3.05) is 13.2 Å². The van der Waals surface area contributed by atoms with Gasteiger partial charge in [-0.2, -0.15) is 0 Å². The lowest BCUT2D eigenvalue weighted by atomic mass is 9.69. The van der Waals surface area contributed by atoms with Crippen molar-refractivity contribution in [3.05, 3.63) is 72.3 Å². The molecule has 1 spiro atoms. The minimum Gasteiger partial charge on any atom is -0.457 e. The Labute approximate surface area is 262 Å². The van der Waals surface area contributed by atoms with Gasteiger partial charge in [0.25, 0.3) is 8.32 Å². The average molecular weight is 602 g/mol. The number of esters is 1. The molecule has 1 saturated carbocycles. The number of carbonyl (C=O) groups excluding carboxylic acids is 1. The number of hydrogen-bond acceptors (Lipinski definition) is 4.